The Morgan fingerprint density at radius 3 is 2.50 bits per heavy atom. The van der Waals surface area contributed by atoms with Crippen molar-refractivity contribution in [1.29, 1.82) is 0 Å². The van der Waals surface area contributed by atoms with Gasteiger partial charge in [-0.15, -0.1) is 0 Å². The van der Waals surface area contributed by atoms with Crippen LogP contribution in [0.2, 0.25) is 0 Å². The number of phenols is 1. The first kappa shape index (κ1) is 11.4. The number of phenolic OH excluding ortho intramolecular Hbond substituents is 1. The van der Waals surface area contributed by atoms with Crippen LogP contribution in [0.25, 0.3) is 0 Å². The third kappa shape index (κ3) is 2.74. The molecule has 16 heavy (non-hydrogen) atoms. The van der Waals surface area contributed by atoms with Crippen LogP contribution in [0.4, 0.5) is 0 Å². The summed E-state index contributed by atoms with van der Waals surface area (Å²) in [5.41, 5.74) is 0.990. The lowest BCUT2D eigenvalue weighted by molar-refractivity contribution is -0.0706. The van der Waals surface area contributed by atoms with Crippen molar-refractivity contribution >= 4 is 0 Å². The van der Waals surface area contributed by atoms with E-state index in [0.717, 1.165) is 25.2 Å². The first-order valence-corrected chi connectivity index (χ1v) is 5.80. The van der Waals surface area contributed by atoms with E-state index < -0.39 is 0 Å². The largest absolute Gasteiger partial charge is 0.508 e. The molecule has 0 amide bonds. The maximum atomic E-state index is 9.72. The Morgan fingerprint density at radius 1 is 1.25 bits per heavy atom. The smallest absolute Gasteiger partial charge is 0.120 e. The van der Waals surface area contributed by atoms with Crippen LogP contribution in [-0.2, 0) is 11.3 Å². The standard InChI is InChI=1S/C13H19NO2/c1-10-7-14(8-11(2)16-10)9-12-5-3-4-6-13(12)15/h3-6,10-11,15H,7-9H2,1-2H3/t10-,11+. The van der Waals surface area contributed by atoms with E-state index in [1.54, 1.807) is 6.07 Å². The molecule has 2 rings (SSSR count). The fourth-order valence-electron chi connectivity index (χ4n) is 2.30. The molecule has 0 bridgehead atoms. The highest BCUT2D eigenvalue weighted by molar-refractivity contribution is 5.31. The van der Waals surface area contributed by atoms with Gasteiger partial charge in [-0.2, -0.15) is 0 Å². The normalized spacial score (nSPS) is 26.9. The molecule has 0 unspecified atom stereocenters. The van der Waals surface area contributed by atoms with Crippen LogP contribution >= 0.6 is 0 Å². The van der Waals surface area contributed by atoms with E-state index in [0.29, 0.717) is 5.75 Å². The molecule has 1 aromatic rings. The van der Waals surface area contributed by atoms with E-state index in [-0.39, 0.29) is 12.2 Å². The Morgan fingerprint density at radius 2 is 1.88 bits per heavy atom. The van der Waals surface area contributed by atoms with E-state index in [1.807, 2.05) is 18.2 Å². The maximum Gasteiger partial charge on any atom is 0.120 e. The molecule has 1 fully saturated rings. The van der Waals surface area contributed by atoms with Gasteiger partial charge in [0.25, 0.3) is 0 Å². The Labute approximate surface area is 96.6 Å². The topological polar surface area (TPSA) is 32.7 Å². The number of para-hydroxylation sites is 1. The van der Waals surface area contributed by atoms with Crippen LogP contribution in [0, 0.1) is 0 Å². The van der Waals surface area contributed by atoms with Gasteiger partial charge in [-0.1, -0.05) is 18.2 Å². The van der Waals surface area contributed by atoms with E-state index in [1.165, 1.54) is 0 Å². The predicted octanol–water partition coefficient (Wildman–Crippen LogP) is 2.00. The summed E-state index contributed by atoms with van der Waals surface area (Å²) in [6.45, 7) is 6.84. The van der Waals surface area contributed by atoms with Gasteiger partial charge >= 0.3 is 0 Å². The molecule has 1 aliphatic heterocycles. The van der Waals surface area contributed by atoms with Crippen molar-refractivity contribution in [1.82, 2.24) is 4.90 Å². The molecule has 88 valence electrons. The summed E-state index contributed by atoms with van der Waals surface area (Å²) in [7, 11) is 0. The van der Waals surface area contributed by atoms with Gasteiger partial charge in [-0.3, -0.25) is 4.90 Å². The number of hydrogen-bond donors (Lipinski definition) is 1. The summed E-state index contributed by atoms with van der Waals surface area (Å²) in [4.78, 5) is 2.33. The molecular formula is C13H19NO2. The van der Waals surface area contributed by atoms with E-state index in [4.69, 9.17) is 4.74 Å². The number of aromatic hydroxyl groups is 1. The van der Waals surface area contributed by atoms with E-state index in [9.17, 15) is 5.11 Å². The second-order valence-corrected chi connectivity index (χ2v) is 4.58. The molecule has 1 heterocycles. The molecule has 0 aliphatic carbocycles. The minimum Gasteiger partial charge on any atom is -0.508 e. The van der Waals surface area contributed by atoms with Gasteiger partial charge in [0.2, 0.25) is 0 Å². The Balaban J connectivity index is 2.02. The van der Waals surface area contributed by atoms with Gasteiger partial charge in [0.15, 0.2) is 0 Å². The summed E-state index contributed by atoms with van der Waals surface area (Å²) in [6.07, 6.45) is 0.546. The molecule has 0 aromatic heterocycles. The minimum absolute atomic E-state index is 0.273. The van der Waals surface area contributed by atoms with Crippen molar-refractivity contribution in [3.8, 4) is 5.75 Å². The lowest BCUT2D eigenvalue weighted by Gasteiger charge is -2.35. The minimum atomic E-state index is 0.273. The zero-order valence-corrected chi connectivity index (χ0v) is 9.89. The van der Waals surface area contributed by atoms with Gasteiger partial charge in [-0.05, 0) is 19.9 Å². The molecule has 3 nitrogen and oxygen atoms in total. The monoisotopic (exact) mass is 221 g/mol. The van der Waals surface area contributed by atoms with Crippen LogP contribution in [-0.4, -0.2) is 35.3 Å². The van der Waals surface area contributed by atoms with Crippen molar-refractivity contribution in [2.45, 2.75) is 32.6 Å². The van der Waals surface area contributed by atoms with E-state index in [2.05, 4.69) is 18.7 Å². The van der Waals surface area contributed by atoms with Crippen molar-refractivity contribution in [3.63, 3.8) is 0 Å². The number of benzene rings is 1. The third-order valence-electron chi connectivity index (χ3n) is 2.88. The molecule has 0 spiro atoms. The second-order valence-electron chi connectivity index (χ2n) is 4.58. The van der Waals surface area contributed by atoms with Crippen LogP contribution < -0.4 is 0 Å². The Bertz CT molecular complexity index is 344. The Kier molecular flexibility index (Phi) is 3.46. The maximum absolute atomic E-state index is 9.72. The number of nitrogens with zero attached hydrogens (tertiary/aromatic N) is 1. The van der Waals surface area contributed by atoms with Crippen LogP contribution in [0.15, 0.2) is 24.3 Å². The molecule has 1 aliphatic rings. The summed E-state index contributed by atoms with van der Waals surface area (Å²) in [5.74, 6) is 0.384. The molecule has 0 radical (unpaired) electrons. The van der Waals surface area contributed by atoms with Gasteiger partial charge < -0.3 is 9.84 Å². The molecule has 0 saturated carbocycles. The number of rotatable bonds is 2. The van der Waals surface area contributed by atoms with Crippen LogP contribution in [0.3, 0.4) is 0 Å². The first-order chi connectivity index (χ1) is 7.65. The lowest BCUT2D eigenvalue weighted by atomic mass is 10.1. The lowest BCUT2D eigenvalue weighted by Crippen LogP contribution is -2.44. The first-order valence-electron chi connectivity index (χ1n) is 5.80. The van der Waals surface area contributed by atoms with Crippen molar-refractivity contribution in [2.24, 2.45) is 0 Å². The number of morpholine rings is 1. The third-order valence-corrected chi connectivity index (χ3v) is 2.88. The van der Waals surface area contributed by atoms with Gasteiger partial charge in [0.05, 0.1) is 12.2 Å². The second kappa shape index (κ2) is 4.85. The summed E-state index contributed by atoms with van der Waals surface area (Å²) >= 11 is 0. The zero-order valence-electron chi connectivity index (χ0n) is 9.89. The summed E-state index contributed by atoms with van der Waals surface area (Å²) in [5, 5.41) is 9.72. The average molecular weight is 221 g/mol. The molecule has 1 aromatic carbocycles. The number of ether oxygens (including phenoxy) is 1. The van der Waals surface area contributed by atoms with Crippen molar-refractivity contribution in [3.05, 3.63) is 29.8 Å². The van der Waals surface area contributed by atoms with Crippen LogP contribution in [0.1, 0.15) is 19.4 Å². The van der Waals surface area contributed by atoms with Crippen LogP contribution in [0.5, 0.6) is 5.75 Å². The highest BCUT2D eigenvalue weighted by Crippen LogP contribution is 2.20. The van der Waals surface area contributed by atoms with E-state index >= 15 is 0 Å². The predicted molar refractivity (Wildman–Crippen MR) is 63.4 cm³/mol. The fourth-order valence-corrected chi connectivity index (χ4v) is 2.30. The SMILES string of the molecule is C[C@@H]1CN(Cc2ccccc2O)C[C@H](C)O1. The summed E-state index contributed by atoms with van der Waals surface area (Å²) < 4.78 is 5.68. The van der Waals surface area contributed by atoms with Crippen molar-refractivity contribution < 1.29 is 9.84 Å². The highest BCUT2D eigenvalue weighted by atomic mass is 16.5. The molecule has 1 saturated heterocycles. The Hall–Kier alpha value is -1.06. The quantitative estimate of drug-likeness (QED) is 0.829. The molecular weight excluding hydrogens is 202 g/mol. The zero-order chi connectivity index (χ0) is 11.5. The van der Waals surface area contributed by atoms with Gasteiger partial charge in [-0.25, -0.2) is 0 Å². The van der Waals surface area contributed by atoms with Gasteiger partial charge in [0.1, 0.15) is 5.75 Å². The van der Waals surface area contributed by atoms with Crippen molar-refractivity contribution in [2.75, 3.05) is 13.1 Å². The number of hydrogen-bond acceptors (Lipinski definition) is 3. The molecule has 3 heteroatoms. The summed E-state index contributed by atoms with van der Waals surface area (Å²) in [6, 6.07) is 7.52. The highest BCUT2D eigenvalue weighted by Gasteiger charge is 2.22. The molecule has 1 N–H and O–H groups in total. The fraction of sp³-hybridized carbons (Fsp3) is 0.538. The molecule has 2 atom stereocenters. The van der Waals surface area contributed by atoms with Gasteiger partial charge in [0, 0.05) is 25.2 Å². The average Bonchev–Trinajstić information content (AvgIpc) is 2.20.